The highest BCUT2D eigenvalue weighted by atomic mass is 79.9. The van der Waals surface area contributed by atoms with Crippen molar-refractivity contribution in [3.05, 3.63) is 34.9 Å². The Morgan fingerprint density at radius 2 is 2.15 bits per heavy atom. The Hall–Kier alpha value is -1.46. The van der Waals surface area contributed by atoms with Gasteiger partial charge in [0.2, 0.25) is 5.91 Å². The zero-order valence-electron chi connectivity index (χ0n) is 11.0. The van der Waals surface area contributed by atoms with Crippen LogP contribution in [-0.4, -0.2) is 24.0 Å². The van der Waals surface area contributed by atoms with Crippen molar-refractivity contribution in [1.29, 1.82) is 0 Å². The molecule has 0 saturated carbocycles. The average molecular weight is 334 g/mol. The molecule has 2 aromatic rings. The first-order valence-corrected chi connectivity index (χ1v) is 7.59. The molecule has 0 spiro atoms. The van der Waals surface area contributed by atoms with E-state index in [4.69, 9.17) is 0 Å². The minimum Gasteiger partial charge on any atom is -0.324 e. The van der Waals surface area contributed by atoms with Crippen molar-refractivity contribution < 1.29 is 4.79 Å². The summed E-state index contributed by atoms with van der Waals surface area (Å²) in [6.07, 6.45) is 3.55. The Morgan fingerprint density at radius 1 is 1.35 bits per heavy atom. The van der Waals surface area contributed by atoms with E-state index in [1.807, 2.05) is 24.3 Å². The third-order valence-electron chi connectivity index (χ3n) is 3.65. The number of pyridine rings is 1. The van der Waals surface area contributed by atoms with E-state index in [0.717, 1.165) is 47.0 Å². The summed E-state index contributed by atoms with van der Waals surface area (Å²) in [7, 11) is 0. The van der Waals surface area contributed by atoms with E-state index in [1.165, 1.54) is 0 Å². The number of nitrogens with zero attached hydrogens (tertiary/aromatic N) is 1. The van der Waals surface area contributed by atoms with Crippen LogP contribution < -0.4 is 10.6 Å². The Bertz CT molecular complexity index is 638. The van der Waals surface area contributed by atoms with Gasteiger partial charge in [-0.25, -0.2) is 0 Å². The summed E-state index contributed by atoms with van der Waals surface area (Å²) < 4.78 is 0.937. The number of benzene rings is 1. The number of anilines is 1. The summed E-state index contributed by atoms with van der Waals surface area (Å²) in [4.78, 5) is 16.7. The second-order valence-corrected chi connectivity index (χ2v) is 5.96. The molecule has 1 amide bonds. The number of hydrogen-bond donors (Lipinski definition) is 2. The molecule has 1 aromatic carbocycles. The molecule has 3 rings (SSSR count). The zero-order chi connectivity index (χ0) is 13.9. The van der Waals surface area contributed by atoms with Gasteiger partial charge in [-0.2, -0.15) is 0 Å². The molecule has 0 atom stereocenters. The number of para-hydroxylation sites is 1. The largest absolute Gasteiger partial charge is 0.324 e. The van der Waals surface area contributed by atoms with Crippen LogP contribution in [0.15, 0.2) is 34.9 Å². The fourth-order valence-electron chi connectivity index (χ4n) is 2.55. The Kier molecular flexibility index (Phi) is 3.98. The predicted octanol–water partition coefficient (Wildman–Crippen LogP) is 2.94. The normalized spacial score (nSPS) is 16.2. The van der Waals surface area contributed by atoms with Gasteiger partial charge in [-0.3, -0.25) is 9.78 Å². The van der Waals surface area contributed by atoms with Gasteiger partial charge >= 0.3 is 0 Å². The van der Waals surface area contributed by atoms with Crippen LogP contribution in [0.2, 0.25) is 0 Å². The highest BCUT2D eigenvalue weighted by Gasteiger charge is 2.21. The molecule has 0 bridgehead atoms. The summed E-state index contributed by atoms with van der Waals surface area (Å²) in [5, 5.41) is 7.32. The molecule has 4 nitrogen and oxygen atoms in total. The van der Waals surface area contributed by atoms with Crippen LogP contribution in [0.3, 0.4) is 0 Å². The van der Waals surface area contributed by atoms with E-state index in [2.05, 4.69) is 31.5 Å². The van der Waals surface area contributed by atoms with Gasteiger partial charge in [0.25, 0.3) is 0 Å². The predicted molar refractivity (Wildman–Crippen MR) is 83.7 cm³/mol. The van der Waals surface area contributed by atoms with Gasteiger partial charge in [0.05, 0.1) is 11.2 Å². The maximum Gasteiger partial charge on any atom is 0.227 e. The number of amides is 1. The van der Waals surface area contributed by atoms with Crippen LogP contribution in [0, 0.1) is 5.92 Å². The number of hydrogen-bond acceptors (Lipinski definition) is 3. The van der Waals surface area contributed by atoms with Crippen molar-refractivity contribution in [2.45, 2.75) is 12.8 Å². The molecule has 5 heteroatoms. The first-order chi connectivity index (χ1) is 9.74. The lowest BCUT2D eigenvalue weighted by molar-refractivity contribution is -0.120. The van der Waals surface area contributed by atoms with Gasteiger partial charge in [-0.05, 0) is 54.0 Å². The monoisotopic (exact) mass is 333 g/mol. The number of aromatic nitrogens is 1. The van der Waals surface area contributed by atoms with E-state index in [-0.39, 0.29) is 11.8 Å². The van der Waals surface area contributed by atoms with Crippen molar-refractivity contribution in [2.24, 2.45) is 5.92 Å². The van der Waals surface area contributed by atoms with Gasteiger partial charge < -0.3 is 10.6 Å². The fraction of sp³-hybridized carbons (Fsp3) is 0.333. The number of piperidine rings is 1. The summed E-state index contributed by atoms with van der Waals surface area (Å²) in [6, 6.07) is 7.84. The molecule has 0 radical (unpaired) electrons. The lowest BCUT2D eigenvalue weighted by Gasteiger charge is -2.22. The third kappa shape index (κ3) is 2.83. The van der Waals surface area contributed by atoms with Crippen LogP contribution in [-0.2, 0) is 4.79 Å². The van der Waals surface area contributed by atoms with Gasteiger partial charge in [0, 0.05) is 22.0 Å². The first-order valence-electron chi connectivity index (χ1n) is 6.80. The second-order valence-electron chi connectivity index (χ2n) is 5.04. The molecule has 1 aromatic heterocycles. The molecule has 20 heavy (non-hydrogen) atoms. The van der Waals surface area contributed by atoms with E-state index in [9.17, 15) is 4.79 Å². The molecule has 2 N–H and O–H groups in total. The smallest absolute Gasteiger partial charge is 0.227 e. The summed E-state index contributed by atoms with van der Waals surface area (Å²) in [5.74, 6) is 0.200. The van der Waals surface area contributed by atoms with Gasteiger partial charge in [0.15, 0.2) is 0 Å². The van der Waals surface area contributed by atoms with Crippen LogP contribution >= 0.6 is 15.9 Å². The van der Waals surface area contributed by atoms with Crippen LogP contribution in [0.4, 0.5) is 5.69 Å². The molecule has 0 unspecified atom stereocenters. The van der Waals surface area contributed by atoms with Crippen LogP contribution in [0.5, 0.6) is 0 Å². The van der Waals surface area contributed by atoms with E-state index < -0.39 is 0 Å². The average Bonchev–Trinajstić information content (AvgIpc) is 2.48. The number of carbonyl (C=O) groups is 1. The maximum absolute atomic E-state index is 12.3. The molecule has 1 aliphatic rings. The van der Waals surface area contributed by atoms with Gasteiger partial charge in [0.1, 0.15) is 0 Å². The molecular formula is C15H16BrN3O. The molecule has 1 aliphatic heterocycles. The first kappa shape index (κ1) is 13.5. The number of carbonyl (C=O) groups excluding carboxylic acids is 1. The molecule has 0 aliphatic carbocycles. The topological polar surface area (TPSA) is 54.0 Å². The number of halogens is 1. The summed E-state index contributed by atoms with van der Waals surface area (Å²) in [5.41, 5.74) is 1.62. The highest BCUT2D eigenvalue weighted by Crippen LogP contribution is 2.25. The highest BCUT2D eigenvalue weighted by molar-refractivity contribution is 9.10. The van der Waals surface area contributed by atoms with Crippen molar-refractivity contribution in [3.8, 4) is 0 Å². The molecule has 1 saturated heterocycles. The maximum atomic E-state index is 12.3. The van der Waals surface area contributed by atoms with Crippen molar-refractivity contribution in [2.75, 3.05) is 18.4 Å². The zero-order valence-corrected chi connectivity index (χ0v) is 12.6. The summed E-state index contributed by atoms with van der Waals surface area (Å²) >= 11 is 3.41. The van der Waals surface area contributed by atoms with E-state index in [0.29, 0.717) is 0 Å². The number of nitrogens with one attached hydrogen (secondary N) is 2. The third-order valence-corrected chi connectivity index (χ3v) is 4.08. The summed E-state index contributed by atoms with van der Waals surface area (Å²) in [6.45, 7) is 1.83. The Morgan fingerprint density at radius 3 is 2.95 bits per heavy atom. The van der Waals surface area contributed by atoms with Gasteiger partial charge in [-0.1, -0.05) is 12.1 Å². The minimum absolute atomic E-state index is 0.0990. The van der Waals surface area contributed by atoms with Crippen LogP contribution in [0.25, 0.3) is 10.9 Å². The van der Waals surface area contributed by atoms with Crippen LogP contribution in [0.1, 0.15) is 12.8 Å². The molecule has 2 heterocycles. The standard InChI is InChI=1S/C15H16BrN3O/c16-12-8-11-2-1-3-13(14(11)18-9-12)19-15(20)10-4-6-17-7-5-10/h1-3,8-10,17H,4-7H2,(H,19,20). The minimum atomic E-state index is 0.0990. The fourth-order valence-corrected chi connectivity index (χ4v) is 2.90. The number of fused-ring (bicyclic) bond motifs is 1. The SMILES string of the molecule is O=C(Nc1cccc2cc(Br)cnc12)C1CCNCC1. The Balaban J connectivity index is 1.85. The van der Waals surface area contributed by atoms with Crippen molar-refractivity contribution >= 4 is 38.4 Å². The molecule has 1 fully saturated rings. The Labute approximate surface area is 126 Å². The van der Waals surface area contributed by atoms with E-state index in [1.54, 1.807) is 6.20 Å². The molecule has 104 valence electrons. The van der Waals surface area contributed by atoms with E-state index >= 15 is 0 Å². The number of rotatable bonds is 2. The molecular weight excluding hydrogens is 318 g/mol. The lowest BCUT2D eigenvalue weighted by Crippen LogP contribution is -2.34. The quantitative estimate of drug-likeness (QED) is 0.888. The second kappa shape index (κ2) is 5.89. The van der Waals surface area contributed by atoms with Gasteiger partial charge in [-0.15, -0.1) is 0 Å². The van der Waals surface area contributed by atoms with Crippen molar-refractivity contribution in [1.82, 2.24) is 10.3 Å². The lowest BCUT2D eigenvalue weighted by atomic mass is 9.97. The van der Waals surface area contributed by atoms with Crippen molar-refractivity contribution in [3.63, 3.8) is 0 Å².